The van der Waals surface area contributed by atoms with Crippen LogP contribution in [0.5, 0.6) is 0 Å². The highest BCUT2D eigenvalue weighted by atomic mass is 79.9. The Morgan fingerprint density at radius 2 is 1.89 bits per heavy atom. The van der Waals surface area contributed by atoms with Crippen LogP contribution in [0.15, 0.2) is 29.0 Å². The molecule has 0 radical (unpaired) electrons. The van der Waals surface area contributed by atoms with Crippen molar-refractivity contribution in [1.82, 2.24) is 0 Å². The molecule has 2 heterocycles. The van der Waals surface area contributed by atoms with Crippen LogP contribution in [0.1, 0.15) is 12.0 Å². The van der Waals surface area contributed by atoms with E-state index in [2.05, 4.69) is 15.9 Å². The zero-order chi connectivity index (χ0) is 14.1. The highest BCUT2D eigenvalue weighted by molar-refractivity contribution is 9.09. The van der Waals surface area contributed by atoms with Crippen molar-refractivity contribution >= 4 is 38.6 Å². The van der Waals surface area contributed by atoms with Gasteiger partial charge >= 0.3 is 6.18 Å². The van der Waals surface area contributed by atoms with E-state index in [1.54, 1.807) is 11.4 Å². The van der Waals surface area contributed by atoms with Gasteiger partial charge in [-0.15, -0.1) is 22.7 Å². The number of hydrogen-bond acceptors (Lipinski definition) is 3. The first-order chi connectivity index (χ1) is 8.86. The Morgan fingerprint density at radius 3 is 2.42 bits per heavy atom. The van der Waals surface area contributed by atoms with Gasteiger partial charge in [0.2, 0.25) is 0 Å². The number of hydrogen-bond donors (Lipinski definition) is 1. The minimum Gasteiger partial charge on any atom is -0.384 e. The summed E-state index contributed by atoms with van der Waals surface area (Å²) in [6.45, 7) is 0. The van der Waals surface area contributed by atoms with Crippen LogP contribution < -0.4 is 0 Å². The SMILES string of the molecule is OC(CBr)(CC(F)(F)F)c1ccsc1-c1cccs1. The lowest BCUT2D eigenvalue weighted by Gasteiger charge is -2.27. The molecule has 0 aliphatic rings. The maximum atomic E-state index is 12.6. The largest absolute Gasteiger partial charge is 0.392 e. The molecule has 2 rings (SSSR count). The van der Waals surface area contributed by atoms with E-state index in [1.807, 2.05) is 17.5 Å². The average molecular weight is 371 g/mol. The molecule has 7 heteroatoms. The summed E-state index contributed by atoms with van der Waals surface area (Å²) in [6.07, 6.45) is -5.68. The molecule has 1 N–H and O–H groups in total. The van der Waals surface area contributed by atoms with Gasteiger partial charge in [-0.3, -0.25) is 0 Å². The van der Waals surface area contributed by atoms with Gasteiger partial charge in [-0.1, -0.05) is 22.0 Å². The summed E-state index contributed by atoms with van der Waals surface area (Å²) in [5.41, 5.74) is -1.61. The van der Waals surface area contributed by atoms with Gasteiger partial charge in [-0.25, -0.2) is 0 Å². The van der Waals surface area contributed by atoms with Crippen molar-refractivity contribution in [3.8, 4) is 9.75 Å². The number of rotatable bonds is 4. The molecule has 1 unspecified atom stereocenters. The van der Waals surface area contributed by atoms with Gasteiger partial charge in [-0.05, 0) is 22.9 Å². The minimum absolute atomic E-state index is 0.158. The molecule has 104 valence electrons. The van der Waals surface area contributed by atoms with Crippen molar-refractivity contribution in [3.63, 3.8) is 0 Å². The van der Waals surface area contributed by atoms with Gasteiger partial charge in [0.05, 0.1) is 11.3 Å². The molecule has 0 spiro atoms. The Morgan fingerprint density at radius 1 is 1.16 bits per heavy atom. The summed E-state index contributed by atoms with van der Waals surface area (Å²) in [5.74, 6) is 0. The number of aliphatic hydroxyl groups is 1. The summed E-state index contributed by atoms with van der Waals surface area (Å²) < 4.78 is 37.9. The Balaban J connectivity index is 2.42. The molecule has 2 aromatic rings. The van der Waals surface area contributed by atoms with E-state index in [9.17, 15) is 18.3 Å². The third kappa shape index (κ3) is 3.39. The molecule has 1 nitrogen and oxygen atoms in total. The fourth-order valence-corrected chi connectivity index (χ4v) is 4.20. The molecule has 0 amide bonds. The van der Waals surface area contributed by atoms with Crippen molar-refractivity contribution in [2.45, 2.75) is 18.2 Å². The van der Waals surface area contributed by atoms with Crippen molar-refractivity contribution < 1.29 is 18.3 Å². The van der Waals surface area contributed by atoms with Crippen molar-refractivity contribution in [2.24, 2.45) is 0 Å². The third-order valence-electron chi connectivity index (χ3n) is 2.63. The third-order valence-corrected chi connectivity index (χ3v) is 5.52. The topological polar surface area (TPSA) is 20.2 Å². The van der Waals surface area contributed by atoms with Crippen molar-refractivity contribution in [1.29, 1.82) is 0 Å². The number of halogens is 4. The van der Waals surface area contributed by atoms with E-state index in [0.29, 0.717) is 10.4 Å². The van der Waals surface area contributed by atoms with Crippen LogP contribution in [0, 0.1) is 0 Å². The predicted molar refractivity (Wildman–Crippen MR) is 76.0 cm³/mol. The normalized spacial score (nSPS) is 15.4. The molecule has 1 atom stereocenters. The molecule has 0 aliphatic carbocycles. The second-order valence-corrected chi connectivity index (χ2v) is 6.52. The van der Waals surface area contributed by atoms with Gasteiger partial charge < -0.3 is 5.11 Å². The molecule has 2 aromatic heterocycles. The summed E-state index contributed by atoms with van der Waals surface area (Å²) in [7, 11) is 0. The molecule has 0 saturated heterocycles. The van der Waals surface area contributed by atoms with E-state index >= 15 is 0 Å². The monoisotopic (exact) mass is 370 g/mol. The number of alkyl halides is 4. The first-order valence-corrected chi connectivity index (χ1v) is 8.21. The molecule has 0 fully saturated rings. The van der Waals surface area contributed by atoms with E-state index in [1.165, 1.54) is 22.7 Å². The Hall–Kier alpha value is -0.370. The summed E-state index contributed by atoms with van der Waals surface area (Å²) in [6, 6.07) is 5.23. The second kappa shape index (κ2) is 5.55. The maximum Gasteiger partial charge on any atom is 0.392 e. The van der Waals surface area contributed by atoms with Crippen LogP contribution in [0.3, 0.4) is 0 Å². The maximum absolute atomic E-state index is 12.6. The van der Waals surface area contributed by atoms with E-state index in [0.717, 1.165) is 4.88 Å². The van der Waals surface area contributed by atoms with E-state index in [4.69, 9.17) is 0 Å². The lowest BCUT2D eigenvalue weighted by molar-refractivity contribution is -0.173. The van der Waals surface area contributed by atoms with Crippen LogP contribution in [0.2, 0.25) is 0 Å². The predicted octanol–water partition coefficient (Wildman–Crippen LogP) is 5.01. The minimum atomic E-state index is -4.42. The molecule has 0 aromatic carbocycles. The smallest absolute Gasteiger partial charge is 0.384 e. The fourth-order valence-electron chi connectivity index (χ4n) is 1.82. The highest BCUT2D eigenvalue weighted by Crippen LogP contribution is 2.43. The molecule has 19 heavy (non-hydrogen) atoms. The van der Waals surface area contributed by atoms with Gasteiger partial charge in [0.15, 0.2) is 0 Å². The van der Waals surface area contributed by atoms with Gasteiger partial charge in [0.1, 0.15) is 5.60 Å². The van der Waals surface area contributed by atoms with Crippen molar-refractivity contribution in [3.05, 3.63) is 34.5 Å². The van der Waals surface area contributed by atoms with Gasteiger partial charge in [0, 0.05) is 15.8 Å². The van der Waals surface area contributed by atoms with Crippen molar-refractivity contribution in [2.75, 3.05) is 5.33 Å². The molecular formula is C12H10BrF3OS2. The second-order valence-electron chi connectivity index (χ2n) is 4.10. The molecular weight excluding hydrogens is 361 g/mol. The first-order valence-electron chi connectivity index (χ1n) is 5.33. The molecule has 0 aliphatic heterocycles. The summed E-state index contributed by atoms with van der Waals surface area (Å²) in [5, 5.41) is 13.7. The zero-order valence-corrected chi connectivity index (χ0v) is 12.8. The fraction of sp³-hybridized carbons (Fsp3) is 0.333. The Bertz CT molecular complexity index is 535. The molecule has 0 bridgehead atoms. The quantitative estimate of drug-likeness (QED) is 0.749. The van der Waals surface area contributed by atoms with E-state index in [-0.39, 0.29) is 5.33 Å². The average Bonchev–Trinajstić information content (AvgIpc) is 2.97. The lowest BCUT2D eigenvalue weighted by atomic mass is 9.92. The van der Waals surface area contributed by atoms with Gasteiger partial charge in [0.25, 0.3) is 0 Å². The van der Waals surface area contributed by atoms with Crippen LogP contribution in [0.25, 0.3) is 9.75 Å². The lowest BCUT2D eigenvalue weighted by Crippen LogP contribution is -2.33. The standard InChI is InChI=1S/C12H10BrF3OS2/c13-7-11(17,6-12(14,15)16)8-3-5-19-10(8)9-2-1-4-18-9/h1-5,17H,6-7H2. The van der Waals surface area contributed by atoms with E-state index < -0.39 is 18.2 Å². The van der Waals surface area contributed by atoms with Crippen LogP contribution in [0.4, 0.5) is 13.2 Å². The highest BCUT2D eigenvalue weighted by Gasteiger charge is 2.43. The van der Waals surface area contributed by atoms with Crippen LogP contribution >= 0.6 is 38.6 Å². The Labute approximate surface area is 124 Å². The van der Waals surface area contributed by atoms with Crippen LogP contribution in [-0.4, -0.2) is 16.6 Å². The first kappa shape index (κ1) is 15.0. The Kier molecular flexibility index (Phi) is 4.39. The summed E-state index contributed by atoms with van der Waals surface area (Å²) >= 11 is 5.78. The zero-order valence-electron chi connectivity index (χ0n) is 9.58. The molecule has 0 saturated carbocycles. The van der Waals surface area contributed by atoms with Crippen LogP contribution in [-0.2, 0) is 5.60 Å². The summed E-state index contributed by atoms with van der Waals surface area (Å²) in [4.78, 5) is 1.56. The van der Waals surface area contributed by atoms with Gasteiger partial charge in [-0.2, -0.15) is 13.2 Å². The number of thiophene rings is 2.